The van der Waals surface area contributed by atoms with Gasteiger partial charge >= 0.3 is 6.01 Å². The van der Waals surface area contributed by atoms with E-state index in [-0.39, 0.29) is 140 Å². The molecular weight excluding hydrogens is 1560 g/mol. The van der Waals surface area contributed by atoms with Gasteiger partial charge in [0, 0.05) is 123 Å². The van der Waals surface area contributed by atoms with Crippen LogP contribution in [0.15, 0.2) is 97.6 Å². The van der Waals surface area contributed by atoms with Crippen LogP contribution in [0, 0.1) is 27.5 Å². The zero-order valence-electron chi connectivity index (χ0n) is 65.9. The lowest BCUT2D eigenvalue weighted by molar-refractivity contribution is -0.136. The number of para-hydroxylation sites is 3. The number of aromatic nitrogens is 5. The van der Waals surface area contributed by atoms with Crippen LogP contribution in [0.4, 0.5) is 10.2 Å². The lowest BCUT2D eigenvalue weighted by Crippen LogP contribution is -2.61. The first-order valence-corrected chi connectivity index (χ1v) is 38.8. The van der Waals surface area contributed by atoms with Crippen LogP contribution in [0.3, 0.4) is 0 Å². The number of primary amides is 3. The van der Waals surface area contributed by atoms with Crippen molar-refractivity contribution in [3.63, 3.8) is 0 Å². The van der Waals surface area contributed by atoms with Gasteiger partial charge in [-0.25, -0.2) is 9.37 Å². The summed E-state index contributed by atoms with van der Waals surface area (Å²) in [4.78, 5) is 188. The summed E-state index contributed by atoms with van der Waals surface area (Å²) < 4.78 is 14.2. The predicted octanol–water partition coefficient (Wildman–Crippen LogP) is -3.49. The fourth-order valence-electron chi connectivity index (χ4n) is 13.1. The van der Waals surface area contributed by atoms with Crippen LogP contribution in [0.1, 0.15) is 113 Å². The molecule has 0 aliphatic heterocycles. The van der Waals surface area contributed by atoms with E-state index in [0.717, 1.165) is 6.20 Å². The van der Waals surface area contributed by atoms with Crippen LogP contribution in [0.5, 0.6) is 6.01 Å². The molecule has 0 aliphatic rings. The van der Waals surface area contributed by atoms with Crippen LogP contribution < -0.4 is 115 Å². The van der Waals surface area contributed by atoms with Gasteiger partial charge in [0.15, 0.2) is 35.5 Å². The highest BCUT2D eigenvalue weighted by Gasteiger charge is 2.37. The highest BCUT2D eigenvalue weighted by molar-refractivity contribution is 6.00. The van der Waals surface area contributed by atoms with Crippen LogP contribution in [-0.4, -0.2) is 212 Å². The molecule has 4 aromatic heterocycles. The van der Waals surface area contributed by atoms with Gasteiger partial charge in [0.25, 0.3) is 0 Å². The Bertz CT molecular complexity index is 4780. The highest BCUT2D eigenvalue weighted by atomic mass is 19.1. The standard InChI is InChI=1S/C76H107FN30O13/c77-46-39-97-76(120)107-63(46)89-28-8-7-23-61(110)98-51(20-10-30-91-73(83)84)64(112)102-55(25-27-60(79)109)68(116)105-56(33-40-36-94-47-16-4-1-13-43(40)47)69(117)101-52(21-11-31-92-74(85)86)65(113)100-53(22-12-32-93-75(87)88)66(114)104-58(35-42-38-96-49-18-6-3-15-45(42)49)71(119)106-57(34-41-37-95-48-17-5-2-14-44(41)48)70(118)103-54(24-26-59(78)108)67(115)99-50(62(80)111)19-9-29-90-72(81)82/h1-6,13-18,36-39,50-58,94-96H,7-12,19-35H2,(H2,78,108)(H2,79,109)(H2,80,111)(H,98,110)(H,99,115)(H,100,113)(H,101,117)(H,102,112)(H,103,118)(H,104,114)(H,105,116)(H,106,119)(H4,81,82,90)(H4,83,84,91)(H4,85,86,92)(H4,87,88,93)(H2,89,97,107,120)/t50-,51-,52-,53-,54-,55-,56-,57-,58-/m0/s1. The van der Waals surface area contributed by atoms with Crippen LogP contribution >= 0.6 is 0 Å². The third-order valence-corrected chi connectivity index (χ3v) is 19.2. The lowest BCUT2D eigenvalue weighted by atomic mass is 10.00. The topological polar surface area (TPSA) is 744 Å². The summed E-state index contributed by atoms with van der Waals surface area (Å²) in [6.07, 6.45) is 2.93. The molecule has 7 rings (SSSR count). The molecule has 0 saturated carbocycles. The number of nitrogens with zero attached hydrogens (tertiary/aromatic N) is 2. The zero-order chi connectivity index (χ0) is 87.4. The summed E-state index contributed by atoms with van der Waals surface area (Å²) in [5.74, 6) is -13.9. The number of anilines is 1. The number of aromatic hydroxyl groups is 1. The number of carbonyl (C=O) groups is 12. The summed E-state index contributed by atoms with van der Waals surface area (Å²) in [5.41, 5.74) is 42.4. The van der Waals surface area contributed by atoms with E-state index >= 15 is 24.0 Å². The van der Waals surface area contributed by atoms with Gasteiger partial charge in [0.05, 0.1) is 6.20 Å². The fourth-order valence-corrected chi connectivity index (χ4v) is 13.1. The van der Waals surface area contributed by atoms with Gasteiger partial charge in [-0.15, -0.1) is 0 Å². The van der Waals surface area contributed by atoms with Crippen LogP contribution in [-0.2, 0) is 76.8 Å². The van der Waals surface area contributed by atoms with Gasteiger partial charge < -0.3 is 135 Å². The summed E-state index contributed by atoms with van der Waals surface area (Å²) in [7, 11) is 0. The number of aromatic amines is 3. The average molecular weight is 1670 g/mol. The van der Waals surface area contributed by atoms with E-state index in [1.54, 1.807) is 91.4 Å². The van der Waals surface area contributed by atoms with Crippen molar-refractivity contribution >= 4 is 133 Å². The number of unbranched alkanes of at least 4 members (excludes halogenated alkanes) is 1. The minimum Gasteiger partial charge on any atom is -0.479 e. The van der Waals surface area contributed by atoms with Crippen molar-refractivity contribution in [2.45, 2.75) is 170 Å². The molecule has 7 aromatic rings. The lowest BCUT2D eigenvalue weighted by Gasteiger charge is -2.28. The summed E-state index contributed by atoms with van der Waals surface area (Å²) >= 11 is 0. The smallest absolute Gasteiger partial charge is 0.315 e. The van der Waals surface area contributed by atoms with Crippen molar-refractivity contribution in [3.8, 4) is 6.01 Å². The van der Waals surface area contributed by atoms with E-state index in [1.165, 1.54) is 0 Å². The van der Waals surface area contributed by atoms with E-state index in [2.05, 4.69) is 99.4 Å². The van der Waals surface area contributed by atoms with Crippen molar-refractivity contribution in [1.29, 1.82) is 21.6 Å². The SMILES string of the molecule is N=C(N)NCCC[C@H](NC(=O)[C@H](CCC(N)=O)NC(=O)[C@H](Cc1c[nH]c2ccccc12)NC(=O)[C@H](Cc1c[nH]c2ccccc12)NC(=O)[C@H](CCCNC(=N)N)NC(=O)[C@H](CCCNC(=N)N)NC(=O)[C@H](Cc1c[nH]c2ccccc12)NC(=O)[C@H](CCC(N)=O)NC(=O)[C@H](CCCNC(=N)N)NC(=O)CCCCNc1nc(O)ncc1F)C(N)=O. The summed E-state index contributed by atoms with van der Waals surface area (Å²) in [6, 6.07) is 6.30. The number of nitrogens with two attached hydrogens (primary N) is 7. The van der Waals surface area contributed by atoms with Gasteiger partial charge in [0.1, 0.15) is 54.4 Å². The number of halogens is 1. The van der Waals surface area contributed by atoms with E-state index in [0.29, 0.717) is 49.4 Å². The number of rotatable bonds is 52. The number of fused-ring (bicyclic) bond motifs is 3. The molecule has 0 fully saturated rings. The van der Waals surface area contributed by atoms with Gasteiger partial charge in [-0.2, -0.15) is 4.98 Å². The fraction of sp³-hybridized carbons (Fsp3) is 0.421. The molecule has 44 heteroatoms. The Balaban J connectivity index is 1.20. The third kappa shape index (κ3) is 30.7. The summed E-state index contributed by atoms with van der Waals surface area (Å²) in [5, 5.41) is 79.6. The van der Waals surface area contributed by atoms with E-state index in [4.69, 9.17) is 61.8 Å². The molecule has 4 heterocycles. The molecule has 0 unspecified atom stereocenters. The Labute approximate surface area is 687 Å². The summed E-state index contributed by atoms with van der Waals surface area (Å²) in [6.45, 7) is 0.232. The monoisotopic (exact) mass is 1670 g/mol. The van der Waals surface area contributed by atoms with E-state index in [1.807, 2.05) is 0 Å². The minimum atomic E-state index is -1.65. The second kappa shape index (κ2) is 47.0. The Kier molecular flexibility index (Phi) is 36.3. The van der Waals surface area contributed by atoms with Crippen molar-refractivity contribution < 1.29 is 67.0 Å². The highest BCUT2D eigenvalue weighted by Crippen LogP contribution is 2.24. The molecule has 0 spiro atoms. The molecule has 36 N–H and O–H groups in total. The zero-order valence-corrected chi connectivity index (χ0v) is 65.9. The number of nitrogens with one attached hydrogen (secondary N) is 21. The number of amides is 12. The molecule has 3 aromatic carbocycles. The quantitative estimate of drug-likeness (QED) is 0.01000. The molecule has 646 valence electrons. The maximum atomic E-state index is 15.5. The molecule has 0 radical (unpaired) electrons. The maximum Gasteiger partial charge on any atom is 0.315 e. The van der Waals surface area contributed by atoms with Crippen molar-refractivity contribution in [2.24, 2.45) is 40.1 Å². The predicted molar refractivity (Wildman–Crippen MR) is 442 cm³/mol. The molecule has 0 bridgehead atoms. The van der Waals surface area contributed by atoms with E-state index < -0.39 is 175 Å². The molecule has 0 aliphatic carbocycles. The van der Waals surface area contributed by atoms with Crippen LogP contribution in [0.2, 0.25) is 0 Å². The third-order valence-electron chi connectivity index (χ3n) is 19.2. The molecule has 9 atom stereocenters. The number of carbonyl (C=O) groups excluding carboxylic acids is 12. The van der Waals surface area contributed by atoms with Gasteiger partial charge in [-0.05, 0) is 112 Å². The first-order chi connectivity index (χ1) is 57.3. The number of guanidine groups is 4. The Morgan fingerprint density at radius 1 is 0.375 bits per heavy atom. The normalized spacial score (nSPS) is 13.3. The molecule has 0 saturated heterocycles. The number of H-pyrrole nitrogens is 3. The number of hydrogen-bond acceptors (Lipinski definition) is 20. The van der Waals surface area contributed by atoms with Crippen LogP contribution in [0.25, 0.3) is 32.7 Å². The molecule has 120 heavy (non-hydrogen) atoms. The number of hydrogen-bond donors (Lipinski definition) is 29. The van der Waals surface area contributed by atoms with Crippen molar-refractivity contribution in [1.82, 2.24) is 94.0 Å². The molecule has 12 amide bonds. The van der Waals surface area contributed by atoms with Gasteiger partial charge in [-0.1, -0.05) is 54.6 Å². The maximum absolute atomic E-state index is 15.5. The molecular formula is C76H107FN30O13. The Hall–Kier alpha value is -14.4. The molecule has 43 nitrogen and oxygen atoms in total. The van der Waals surface area contributed by atoms with Crippen molar-refractivity contribution in [3.05, 3.63) is 120 Å². The minimum absolute atomic E-state index is 0.000887. The van der Waals surface area contributed by atoms with Crippen molar-refractivity contribution in [2.75, 3.05) is 38.0 Å². The first kappa shape index (κ1) is 92.8. The van der Waals surface area contributed by atoms with Gasteiger partial charge in [0.2, 0.25) is 70.9 Å². The number of benzene rings is 3. The Morgan fingerprint density at radius 2 is 0.675 bits per heavy atom. The second-order valence-corrected chi connectivity index (χ2v) is 28.4. The largest absolute Gasteiger partial charge is 0.479 e. The Morgan fingerprint density at radius 3 is 1.01 bits per heavy atom. The van der Waals surface area contributed by atoms with E-state index in [9.17, 15) is 43.1 Å². The first-order valence-electron chi connectivity index (χ1n) is 38.8. The second-order valence-electron chi connectivity index (χ2n) is 28.4. The average Bonchev–Trinajstić information content (AvgIpc) is 1.35. The van der Waals surface area contributed by atoms with Gasteiger partial charge in [-0.3, -0.25) is 79.2 Å².